The van der Waals surface area contributed by atoms with E-state index in [0.29, 0.717) is 10.5 Å². The Kier molecular flexibility index (Phi) is 3.76. The van der Waals surface area contributed by atoms with Crippen LogP contribution >= 0.6 is 15.9 Å². The number of halogens is 2. The molecule has 1 unspecified atom stereocenters. The van der Waals surface area contributed by atoms with Gasteiger partial charge in [-0.25, -0.2) is 4.39 Å². The van der Waals surface area contributed by atoms with Crippen LogP contribution in [-0.2, 0) is 6.42 Å². The molecule has 1 saturated heterocycles. The van der Waals surface area contributed by atoms with Gasteiger partial charge in [0.15, 0.2) is 0 Å². The molecule has 1 aliphatic heterocycles. The third-order valence-corrected chi connectivity index (χ3v) is 3.52. The quantitative estimate of drug-likeness (QED) is 0.871. The van der Waals surface area contributed by atoms with Gasteiger partial charge < -0.3 is 5.32 Å². The zero-order valence-electron chi connectivity index (χ0n) is 8.60. The summed E-state index contributed by atoms with van der Waals surface area (Å²) >= 11 is 3.16. The van der Waals surface area contributed by atoms with E-state index in [1.54, 1.807) is 12.1 Å². The van der Waals surface area contributed by atoms with Crippen molar-refractivity contribution >= 4 is 15.9 Å². The third kappa shape index (κ3) is 3.02. The van der Waals surface area contributed by atoms with E-state index in [4.69, 9.17) is 0 Å². The standard InChI is InChI=1S/C12H15BrFN/c13-11-5-4-9(8-12(11)14)7-10-3-1-2-6-15-10/h4-5,8,10,15H,1-3,6-7H2. The molecular weight excluding hydrogens is 257 g/mol. The van der Waals surface area contributed by atoms with Crippen molar-refractivity contribution in [3.63, 3.8) is 0 Å². The lowest BCUT2D eigenvalue weighted by Crippen LogP contribution is -2.35. The lowest BCUT2D eigenvalue weighted by molar-refractivity contribution is 0.399. The molecule has 0 aliphatic carbocycles. The second kappa shape index (κ2) is 5.08. The predicted octanol–water partition coefficient (Wildman–Crippen LogP) is 3.27. The zero-order chi connectivity index (χ0) is 10.7. The fourth-order valence-electron chi connectivity index (χ4n) is 2.05. The van der Waals surface area contributed by atoms with Crippen molar-refractivity contribution in [1.82, 2.24) is 5.32 Å². The van der Waals surface area contributed by atoms with Gasteiger partial charge in [0.25, 0.3) is 0 Å². The highest BCUT2D eigenvalue weighted by molar-refractivity contribution is 9.10. The molecule has 1 fully saturated rings. The summed E-state index contributed by atoms with van der Waals surface area (Å²) in [6.07, 6.45) is 4.70. The average Bonchev–Trinajstić information content (AvgIpc) is 2.25. The Hall–Kier alpha value is -0.410. The maximum atomic E-state index is 13.3. The summed E-state index contributed by atoms with van der Waals surface area (Å²) in [5.74, 6) is -0.164. The number of nitrogens with one attached hydrogen (secondary N) is 1. The number of piperidine rings is 1. The van der Waals surface area contributed by atoms with Crippen LogP contribution in [0.5, 0.6) is 0 Å². The van der Waals surface area contributed by atoms with Gasteiger partial charge in [0.2, 0.25) is 0 Å². The van der Waals surface area contributed by atoms with E-state index in [2.05, 4.69) is 21.2 Å². The van der Waals surface area contributed by atoms with Crippen molar-refractivity contribution in [3.05, 3.63) is 34.1 Å². The maximum Gasteiger partial charge on any atom is 0.137 e. The molecule has 3 heteroatoms. The van der Waals surface area contributed by atoms with Gasteiger partial charge in [-0.05, 0) is 59.4 Å². The molecule has 15 heavy (non-hydrogen) atoms. The van der Waals surface area contributed by atoms with Crippen LogP contribution in [-0.4, -0.2) is 12.6 Å². The molecule has 0 aromatic heterocycles. The maximum absolute atomic E-state index is 13.3. The Morgan fingerprint density at radius 3 is 2.93 bits per heavy atom. The van der Waals surface area contributed by atoms with E-state index in [1.165, 1.54) is 19.3 Å². The predicted molar refractivity (Wildman–Crippen MR) is 63.4 cm³/mol. The first kappa shape index (κ1) is 11.1. The minimum absolute atomic E-state index is 0.164. The minimum Gasteiger partial charge on any atom is -0.314 e. The zero-order valence-corrected chi connectivity index (χ0v) is 10.2. The Morgan fingerprint density at radius 2 is 2.27 bits per heavy atom. The highest BCUT2D eigenvalue weighted by Gasteiger charge is 2.13. The molecular formula is C12H15BrFN. The van der Waals surface area contributed by atoms with E-state index < -0.39 is 0 Å². The molecule has 0 saturated carbocycles. The van der Waals surface area contributed by atoms with E-state index in [1.807, 2.05) is 6.07 Å². The van der Waals surface area contributed by atoms with Crippen molar-refractivity contribution in [2.75, 3.05) is 6.54 Å². The molecule has 1 aromatic rings. The number of hydrogen-bond donors (Lipinski definition) is 1. The molecule has 1 atom stereocenters. The van der Waals surface area contributed by atoms with Gasteiger partial charge in [0, 0.05) is 6.04 Å². The highest BCUT2D eigenvalue weighted by Crippen LogP contribution is 2.19. The fourth-order valence-corrected chi connectivity index (χ4v) is 2.30. The molecule has 1 nitrogen and oxygen atoms in total. The van der Waals surface area contributed by atoms with E-state index in [0.717, 1.165) is 18.5 Å². The second-order valence-electron chi connectivity index (χ2n) is 4.10. The van der Waals surface area contributed by atoms with Crippen molar-refractivity contribution in [2.24, 2.45) is 0 Å². The monoisotopic (exact) mass is 271 g/mol. The summed E-state index contributed by atoms with van der Waals surface area (Å²) in [5.41, 5.74) is 1.08. The summed E-state index contributed by atoms with van der Waals surface area (Å²) in [6.45, 7) is 1.10. The normalized spacial score (nSPS) is 21.6. The SMILES string of the molecule is Fc1cc(CC2CCCCN2)ccc1Br. The molecule has 0 radical (unpaired) electrons. The number of rotatable bonds is 2. The van der Waals surface area contributed by atoms with Gasteiger partial charge in [-0.2, -0.15) is 0 Å². The van der Waals surface area contributed by atoms with Crippen LogP contribution in [0.3, 0.4) is 0 Å². The van der Waals surface area contributed by atoms with E-state index >= 15 is 0 Å². The van der Waals surface area contributed by atoms with Gasteiger partial charge >= 0.3 is 0 Å². The minimum atomic E-state index is -0.164. The van der Waals surface area contributed by atoms with E-state index in [9.17, 15) is 4.39 Å². The fraction of sp³-hybridized carbons (Fsp3) is 0.500. The molecule has 1 aromatic carbocycles. The summed E-state index contributed by atoms with van der Waals surface area (Å²) in [4.78, 5) is 0. The number of benzene rings is 1. The summed E-state index contributed by atoms with van der Waals surface area (Å²) < 4.78 is 13.8. The molecule has 0 spiro atoms. The lowest BCUT2D eigenvalue weighted by Gasteiger charge is -2.23. The Balaban J connectivity index is 2.00. The highest BCUT2D eigenvalue weighted by atomic mass is 79.9. The van der Waals surface area contributed by atoms with Gasteiger partial charge in [-0.1, -0.05) is 12.5 Å². The Labute approximate surface area is 98.2 Å². The van der Waals surface area contributed by atoms with Crippen LogP contribution in [0.15, 0.2) is 22.7 Å². The topological polar surface area (TPSA) is 12.0 Å². The van der Waals surface area contributed by atoms with Crippen LogP contribution in [0.1, 0.15) is 24.8 Å². The smallest absolute Gasteiger partial charge is 0.137 e. The number of hydrogen-bond acceptors (Lipinski definition) is 1. The van der Waals surface area contributed by atoms with Crippen LogP contribution in [0.2, 0.25) is 0 Å². The first-order valence-corrected chi connectivity index (χ1v) is 6.22. The molecule has 2 rings (SSSR count). The largest absolute Gasteiger partial charge is 0.314 e. The van der Waals surface area contributed by atoms with Crippen molar-refractivity contribution in [2.45, 2.75) is 31.7 Å². The van der Waals surface area contributed by atoms with Gasteiger partial charge in [-0.3, -0.25) is 0 Å². The van der Waals surface area contributed by atoms with Crippen LogP contribution in [0.25, 0.3) is 0 Å². The first-order valence-electron chi connectivity index (χ1n) is 5.43. The van der Waals surface area contributed by atoms with Crippen LogP contribution in [0.4, 0.5) is 4.39 Å². The molecule has 1 heterocycles. The summed E-state index contributed by atoms with van der Waals surface area (Å²) in [6, 6.07) is 5.93. The molecule has 1 N–H and O–H groups in total. The summed E-state index contributed by atoms with van der Waals surface area (Å²) in [5, 5.41) is 3.47. The van der Waals surface area contributed by atoms with Crippen molar-refractivity contribution < 1.29 is 4.39 Å². The molecule has 82 valence electrons. The van der Waals surface area contributed by atoms with Crippen LogP contribution in [0, 0.1) is 5.82 Å². The second-order valence-corrected chi connectivity index (χ2v) is 4.95. The van der Waals surface area contributed by atoms with Crippen LogP contribution < -0.4 is 5.32 Å². The van der Waals surface area contributed by atoms with E-state index in [-0.39, 0.29) is 5.82 Å². The third-order valence-electron chi connectivity index (χ3n) is 2.88. The molecule has 0 amide bonds. The van der Waals surface area contributed by atoms with Gasteiger partial charge in [-0.15, -0.1) is 0 Å². The molecule has 0 bridgehead atoms. The first-order chi connectivity index (χ1) is 7.25. The Bertz CT molecular complexity index is 334. The molecule has 1 aliphatic rings. The Morgan fingerprint density at radius 1 is 1.40 bits per heavy atom. The average molecular weight is 272 g/mol. The van der Waals surface area contributed by atoms with Gasteiger partial charge in [0.05, 0.1) is 4.47 Å². The lowest BCUT2D eigenvalue weighted by atomic mass is 9.98. The summed E-state index contributed by atoms with van der Waals surface area (Å²) in [7, 11) is 0. The van der Waals surface area contributed by atoms with Crippen molar-refractivity contribution in [1.29, 1.82) is 0 Å². The van der Waals surface area contributed by atoms with Crippen molar-refractivity contribution in [3.8, 4) is 0 Å². The van der Waals surface area contributed by atoms with Gasteiger partial charge in [0.1, 0.15) is 5.82 Å².